The third-order valence-corrected chi connectivity index (χ3v) is 2.80. The van der Waals surface area contributed by atoms with Crippen molar-refractivity contribution in [2.45, 2.75) is 45.9 Å². The predicted molar refractivity (Wildman–Crippen MR) is 77.9 cm³/mol. The highest BCUT2D eigenvalue weighted by atomic mass is 19.1. The molecule has 1 aromatic carbocycles. The number of halogens is 1. The van der Waals surface area contributed by atoms with Gasteiger partial charge in [0, 0.05) is 31.4 Å². The van der Waals surface area contributed by atoms with E-state index < -0.39 is 6.10 Å². The Balaban J connectivity index is 2.91. The zero-order valence-electron chi connectivity index (χ0n) is 12.5. The zero-order chi connectivity index (χ0) is 14.6. The minimum Gasteiger partial charge on any atom is -0.392 e. The van der Waals surface area contributed by atoms with Crippen LogP contribution in [0.3, 0.4) is 0 Å². The molecule has 4 heteroatoms. The van der Waals surface area contributed by atoms with Crippen molar-refractivity contribution >= 4 is 5.69 Å². The van der Waals surface area contributed by atoms with Crippen LogP contribution in [0.1, 0.15) is 33.3 Å². The van der Waals surface area contributed by atoms with E-state index in [0.29, 0.717) is 13.1 Å². The van der Waals surface area contributed by atoms with E-state index in [9.17, 15) is 9.50 Å². The van der Waals surface area contributed by atoms with E-state index in [0.717, 1.165) is 11.3 Å². The Labute approximate surface area is 115 Å². The van der Waals surface area contributed by atoms with E-state index in [1.54, 1.807) is 19.1 Å². The van der Waals surface area contributed by atoms with Crippen molar-refractivity contribution in [2.24, 2.45) is 0 Å². The molecule has 0 aliphatic carbocycles. The lowest BCUT2D eigenvalue weighted by Crippen LogP contribution is -2.36. The van der Waals surface area contributed by atoms with Crippen LogP contribution in [0.5, 0.6) is 0 Å². The minimum absolute atomic E-state index is 0.0214. The van der Waals surface area contributed by atoms with Gasteiger partial charge >= 0.3 is 0 Å². The summed E-state index contributed by atoms with van der Waals surface area (Å²) < 4.78 is 13.4. The van der Waals surface area contributed by atoms with Gasteiger partial charge < -0.3 is 15.3 Å². The van der Waals surface area contributed by atoms with Crippen molar-refractivity contribution in [3.05, 3.63) is 29.6 Å². The van der Waals surface area contributed by atoms with Crippen molar-refractivity contribution < 1.29 is 9.50 Å². The third kappa shape index (κ3) is 5.57. The molecule has 0 spiro atoms. The number of nitrogens with one attached hydrogen (secondary N) is 1. The van der Waals surface area contributed by atoms with Crippen LogP contribution in [0.15, 0.2) is 18.2 Å². The van der Waals surface area contributed by atoms with Crippen LogP contribution >= 0.6 is 0 Å². The van der Waals surface area contributed by atoms with E-state index in [-0.39, 0.29) is 11.4 Å². The molecule has 19 heavy (non-hydrogen) atoms. The van der Waals surface area contributed by atoms with Gasteiger partial charge in [-0.2, -0.15) is 0 Å². The Bertz CT molecular complexity index is 413. The lowest BCUT2D eigenvalue weighted by Gasteiger charge is -2.26. The smallest absolute Gasteiger partial charge is 0.123 e. The van der Waals surface area contributed by atoms with Crippen molar-refractivity contribution in [3.8, 4) is 0 Å². The SMILES string of the molecule is CC(O)CN(C)c1ccc(F)cc1CNC(C)(C)C. The summed E-state index contributed by atoms with van der Waals surface area (Å²) >= 11 is 0. The number of aliphatic hydroxyl groups excluding tert-OH is 1. The van der Waals surface area contributed by atoms with Crippen molar-refractivity contribution in [2.75, 3.05) is 18.5 Å². The number of hydrogen-bond acceptors (Lipinski definition) is 3. The second-order valence-electron chi connectivity index (χ2n) is 6.11. The Kier molecular flexibility index (Phi) is 5.32. The summed E-state index contributed by atoms with van der Waals surface area (Å²) in [5.41, 5.74) is 1.82. The Morgan fingerprint density at radius 3 is 2.53 bits per heavy atom. The summed E-state index contributed by atoms with van der Waals surface area (Å²) in [6.07, 6.45) is -0.418. The largest absolute Gasteiger partial charge is 0.392 e. The van der Waals surface area contributed by atoms with Crippen LogP contribution in [0.4, 0.5) is 10.1 Å². The quantitative estimate of drug-likeness (QED) is 0.861. The van der Waals surface area contributed by atoms with E-state index >= 15 is 0 Å². The zero-order valence-corrected chi connectivity index (χ0v) is 12.5. The molecule has 3 nitrogen and oxygen atoms in total. The van der Waals surface area contributed by atoms with Crippen molar-refractivity contribution in [1.29, 1.82) is 0 Å². The minimum atomic E-state index is -0.418. The van der Waals surface area contributed by atoms with Gasteiger partial charge in [0.15, 0.2) is 0 Å². The molecule has 1 unspecified atom stereocenters. The molecule has 2 N–H and O–H groups in total. The number of anilines is 1. The lowest BCUT2D eigenvalue weighted by molar-refractivity contribution is 0.201. The van der Waals surface area contributed by atoms with E-state index in [2.05, 4.69) is 26.1 Å². The first-order valence-corrected chi connectivity index (χ1v) is 6.61. The molecule has 0 saturated carbocycles. The summed E-state index contributed by atoms with van der Waals surface area (Å²) in [6.45, 7) is 9.09. The van der Waals surface area contributed by atoms with Crippen LogP contribution in [-0.4, -0.2) is 30.3 Å². The molecule has 0 bridgehead atoms. The molecule has 0 amide bonds. The van der Waals surface area contributed by atoms with E-state index in [4.69, 9.17) is 0 Å². The molecule has 1 rings (SSSR count). The number of likely N-dealkylation sites (N-methyl/N-ethyl adjacent to an activating group) is 1. The highest BCUT2D eigenvalue weighted by Crippen LogP contribution is 2.21. The maximum absolute atomic E-state index is 13.4. The first-order valence-electron chi connectivity index (χ1n) is 6.61. The average molecular weight is 268 g/mol. The Hall–Kier alpha value is -1.13. The number of aliphatic hydroxyl groups is 1. The molecule has 0 aliphatic rings. The first kappa shape index (κ1) is 15.9. The standard InChI is InChI=1S/C15H25FN2O/c1-11(19)10-18(5)14-7-6-13(16)8-12(14)9-17-15(2,3)4/h6-8,11,17,19H,9-10H2,1-5H3. The van der Waals surface area contributed by atoms with Crippen LogP contribution in [-0.2, 0) is 6.54 Å². The van der Waals surface area contributed by atoms with Gasteiger partial charge in [0.05, 0.1) is 6.10 Å². The average Bonchev–Trinajstić information content (AvgIpc) is 2.24. The number of rotatable bonds is 5. The molecule has 1 atom stereocenters. The fraction of sp³-hybridized carbons (Fsp3) is 0.600. The van der Waals surface area contributed by atoms with Gasteiger partial charge in [0.2, 0.25) is 0 Å². The number of hydrogen-bond donors (Lipinski definition) is 2. The molecule has 1 aromatic rings. The van der Waals surface area contributed by atoms with Gasteiger partial charge in [-0.1, -0.05) is 0 Å². The maximum atomic E-state index is 13.4. The molecule has 0 aliphatic heterocycles. The van der Waals surface area contributed by atoms with E-state index in [1.807, 2.05) is 11.9 Å². The molecular formula is C15H25FN2O. The lowest BCUT2D eigenvalue weighted by atomic mass is 10.1. The van der Waals surface area contributed by atoms with Gasteiger partial charge in [-0.3, -0.25) is 0 Å². The molecule has 108 valence electrons. The Morgan fingerprint density at radius 2 is 2.00 bits per heavy atom. The van der Waals surface area contributed by atoms with Gasteiger partial charge in [-0.15, -0.1) is 0 Å². The summed E-state index contributed by atoms with van der Waals surface area (Å²) in [4.78, 5) is 1.95. The third-order valence-electron chi connectivity index (χ3n) is 2.80. The topological polar surface area (TPSA) is 35.5 Å². The van der Waals surface area contributed by atoms with Gasteiger partial charge in [0.1, 0.15) is 5.82 Å². The van der Waals surface area contributed by atoms with Crippen molar-refractivity contribution in [3.63, 3.8) is 0 Å². The molecule has 0 aromatic heterocycles. The second kappa shape index (κ2) is 6.35. The molecule has 0 fully saturated rings. The fourth-order valence-corrected chi connectivity index (χ4v) is 1.92. The first-order chi connectivity index (χ1) is 8.69. The van der Waals surface area contributed by atoms with E-state index in [1.165, 1.54) is 6.07 Å². The normalized spacial score (nSPS) is 13.4. The van der Waals surface area contributed by atoms with Crippen LogP contribution < -0.4 is 10.2 Å². The summed E-state index contributed by atoms with van der Waals surface area (Å²) in [6, 6.07) is 4.76. The maximum Gasteiger partial charge on any atom is 0.123 e. The number of nitrogens with zero attached hydrogens (tertiary/aromatic N) is 1. The monoisotopic (exact) mass is 268 g/mol. The predicted octanol–water partition coefficient (Wildman–Crippen LogP) is 2.53. The number of benzene rings is 1. The molecule has 0 saturated heterocycles. The van der Waals surface area contributed by atoms with Crippen LogP contribution in [0.2, 0.25) is 0 Å². The van der Waals surface area contributed by atoms with Crippen molar-refractivity contribution in [1.82, 2.24) is 5.32 Å². The summed E-state index contributed by atoms with van der Waals surface area (Å²) in [5.74, 6) is -0.236. The Morgan fingerprint density at radius 1 is 1.37 bits per heavy atom. The molecule has 0 heterocycles. The molecular weight excluding hydrogens is 243 g/mol. The highest BCUT2D eigenvalue weighted by Gasteiger charge is 2.14. The van der Waals surface area contributed by atoms with Crippen LogP contribution in [0.25, 0.3) is 0 Å². The van der Waals surface area contributed by atoms with Gasteiger partial charge in [0.25, 0.3) is 0 Å². The highest BCUT2D eigenvalue weighted by molar-refractivity contribution is 5.53. The second-order valence-corrected chi connectivity index (χ2v) is 6.11. The van der Waals surface area contributed by atoms with Gasteiger partial charge in [-0.25, -0.2) is 4.39 Å². The summed E-state index contributed by atoms with van der Waals surface area (Å²) in [5, 5.41) is 12.8. The molecule has 0 radical (unpaired) electrons. The van der Waals surface area contributed by atoms with Crippen LogP contribution in [0, 0.1) is 5.82 Å². The summed E-state index contributed by atoms with van der Waals surface area (Å²) in [7, 11) is 1.90. The fourth-order valence-electron chi connectivity index (χ4n) is 1.92. The van der Waals surface area contributed by atoms with Gasteiger partial charge in [-0.05, 0) is 51.5 Å².